The first-order chi connectivity index (χ1) is 30.6. The standard InChI is InChI=1S/C47H53ClF3N5O5S3/c48-36-14-10-33(11-15-36)43-9-5-4-6-35(43)31-54-26-28-55(29-27-54)38-16-12-34(13-17-38)46(57)53-64(60,61)42-22-23-44(45(30-42)63(58,59)47(49,50)51)52-37(32-62-41-7-2-1-3-8-41)24-25-56-39-18-19-40(56)21-20-39/h1-3,7-8,10-17,22-23,30,37,39-40,52H,4-6,9,18-21,24-29,31-32H2,(H,53,57)/t37-,39?,40?/m1/s1. The second-order valence-electron chi connectivity index (χ2n) is 17.1. The number of halogens is 4. The Balaban J connectivity index is 0.932. The van der Waals surface area contributed by atoms with Crippen LogP contribution in [0.2, 0.25) is 5.02 Å². The summed E-state index contributed by atoms with van der Waals surface area (Å²) in [5.41, 5.74) is -1.11. The fourth-order valence-corrected chi connectivity index (χ4v) is 12.7. The van der Waals surface area contributed by atoms with Crippen molar-refractivity contribution in [2.75, 3.05) is 55.2 Å². The van der Waals surface area contributed by atoms with Crippen LogP contribution in [0.3, 0.4) is 0 Å². The van der Waals surface area contributed by atoms with Gasteiger partial charge in [0.15, 0.2) is 0 Å². The number of carbonyl (C=O) groups excluding carboxylic acids is 1. The molecule has 4 aromatic rings. The first kappa shape index (κ1) is 46.5. The summed E-state index contributed by atoms with van der Waals surface area (Å²) in [4.78, 5) is 19.3. The van der Waals surface area contributed by atoms with E-state index in [1.165, 1.54) is 53.4 Å². The van der Waals surface area contributed by atoms with Gasteiger partial charge in [-0.1, -0.05) is 47.5 Å². The highest BCUT2D eigenvalue weighted by atomic mass is 35.5. The number of amides is 1. The summed E-state index contributed by atoms with van der Waals surface area (Å²) in [5.74, 6) is -0.598. The molecule has 2 N–H and O–H groups in total. The molecule has 0 radical (unpaired) electrons. The largest absolute Gasteiger partial charge is 0.501 e. The summed E-state index contributed by atoms with van der Waals surface area (Å²) in [5, 5.41) is 3.78. The molecule has 3 aliphatic heterocycles. The zero-order valence-electron chi connectivity index (χ0n) is 35.4. The van der Waals surface area contributed by atoms with E-state index in [1.54, 1.807) is 12.1 Å². The summed E-state index contributed by atoms with van der Waals surface area (Å²) in [6, 6.07) is 27.0. The molecule has 342 valence electrons. The van der Waals surface area contributed by atoms with Crippen LogP contribution >= 0.6 is 23.4 Å². The third kappa shape index (κ3) is 10.8. The number of sulfonamides is 1. The van der Waals surface area contributed by atoms with Crippen molar-refractivity contribution in [1.82, 2.24) is 14.5 Å². The Morgan fingerprint density at radius 1 is 0.812 bits per heavy atom. The van der Waals surface area contributed by atoms with Crippen LogP contribution < -0.4 is 14.9 Å². The maximum absolute atomic E-state index is 14.2. The molecule has 1 atom stereocenters. The van der Waals surface area contributed by atoms with Gasteiger partial charge in [-0.3, -0.25) is 14.6 Å². The zero-order chi connectivity index (χ0) is 45.1. The number of sulfone groups is 1. The molecule has 4 aromatic carbocycles. The first-order valence-corrected chi connectivity index (χ1v) is 26.2. The van der Waals surface area contributed by atoms with E-state index in [0.29, 0.717) is 36.9 Å². The van der Waals surface area contributed by atoms with Gasteiger partial charge in [-0.25, -0.2) is 21.6 Å². The maximum Gasteiger partial charge on any atom is 0.501 e. The van der Waals surface area contributed by atoms with Crippen molar-refractivity contribution in [1.29, 1.82) is 0 Å². The predicted octanol–water partition coefficient (Wildman–Crippen LogP) is 9.49. The number of allylic oxidation sites excluding steroid dienone is 1. The Hall–Kier alpha value is -4.06. The van der Waals surface area contributed by atoms with Gasteiger partial charge in [0.25, 0.3) is 25.8 Å². The summed E-state index contributed by atoms with van der Waals surface area (Å²) < 4.78 is 98.0. The van der Waals surface area contributed by atoms with Crippen molar-refractivity contribution in [2.24, 2.45) is 0 Å². The fraction of sp³-hybridized carbons (Fsp3) is 0.426. The van der Waals surface area contributed by atoms with Crippen molar-refractivity contribution in [3.8, 4) is 0 Å². The highest BCUT2D eigenvalue weighted by molar-refractivity contribution is 7.99. The van der Waals surface area contributed by atoms with Crippen LogP contribution in [0.15, 0.2) is 117 Å². The third-order valence-corrected chi connectivity index (χ3v) is 17.3. The van der Waals surface area contributed by atoms with Gasteiger partial charge in [0.05, 0.1) is 10.6 Å². The summed E-state index contributed by atoms with van der Waals surface area (Å²) >= 11 is 7.64. The minimum Gasteiger partial charge on any atom is -0.380 e. The molecule has 3 saturated heterocycles. The van der Waals surface area contributed by atoms with E-state index in [4.69, 9.17) is 11.6 Å². The molecule has 3 heterocycles. The minimum absolute atomic E-state index is 0.0107. The van der Waals surface area contributed by atoms with Gasteiger partial charge in [0.1, 0.15) is 4.90 Å². The highest BCUT2D eigenvalue weighted by Gasteiger charge is 2.48. The SMILES string of the molecule is O=C(NS(=O)(=O)c1ccc(N[C@H](CCN2C3CCC2CC3)CSc2ccccc2)c(S(=O)(=O)C(F)(F)F)c1)c1ccc(N2CCN(CC3=C(c4ccc(Cl)cc4)CCCC3)CC2)cc1. The topological polar surface area (TPSA) is 119 Å². The lowest BCUT2D eigenvalue weighted by atomic mass is 9.87. The predicted molar refractivity (Wildman–Crippen MR) is 248 cm³/mol. The lowest BCUT2D eigenvalue weighted by Crippen LogP contribution is -2.47. The lowest BCUT2D eigenvalue weighted by Gasteiger charge is -2.37. The molecule has 2 bridgehead atoms. The Bertz CT molecular complexity index is 2520. The number of hydrogen-bond acceptors (Lipinski definition) is 10. The number of alkyl halides is 3. The number of rotatable bonds is 16. The summed E-state index contributed by atoms with van der Waals surface area (Å²) in [6.07, 6.45) is 9.43. The normalized spacial score (nSPS) is 20.4. The van der Waals surface area contributed by atoms with Crippen LogP contribution in [0, 0.1) is 0 Å². The molecule has 1 amide bonds. The van der Waals surface area contributed by atoms with Crippen LogP contribution in [0.25, 0.3) is 5.57 Å². The molecule has 4 aliphatic rings. The average molecular weight is 957 g/mol. The number of hydrogen-bond donors (Lipinski definition) is 2. The monoisotopic (exact) mass is 955 g/mol. The lowest BCUT2D eigenvalue weighted by molar-refractivity contribution is -0.0435. The second kappa shape index (κ2) is 19.8. The Morgan fingerprint density at radius 3 is 2.12 bits per heavy atom. The molecule has 0 spiro atoms. The fourth-order valence-electron chi connectivity index (χ4n) is 9.60. The van der Waals surface area contributed by atoms with Crippen LogP contribution in [0.5, 0.6) is 0 Å². The van der Waals surface area contributed by atoms with Gasteiger partial charge >= 0.3 is 5.51 Å². The molecule has 10 nitrogen and oxygen atoms in total. The number of carbonyl (C=O) groups is 1. The maximum atomic E-state index is 14.2. The summed E-state index contributed by atoms with van der Waals surface area (Å²) in [6.45, 7) is 4.77. The van der Waals surface area contributed by atoms with Gasteiger partial charge in [0.2, 0.25) is 0 Å². The van der Waals surface area contributed by atoms with E-state index in [9.17, 15) is 34.8 Å². The molecule has 0 aromatic heterocycles. The molecule has 8 rings (SSSR count). The molecule has 1 aliphatic carbocycles. The van der Waals surface area contributed by atoms with Crippen molar-refractivity contribution in [3.05, 3.63) is 119 Å². The number of piperazine rings is 1. The Morgan fingerprint density at radius 2 is 1.47 bits per heavy atom. The molecular weight excluding hydrogens is 903 g/mol. The van der Waals surface area contributed by atoms with Crippen molar-refractivity contribution in [3.63, 3.8) is 0 Å². The molecule has 0 unspecified atom stereocenters. The van der Waals surface area contributed by atoms with E-state index >= 15 is 0 Å². The first-order valence-electron chi connectivity index (χ1n) is 21.9. The highest BCUT2D eigenvalue weighted by Crippen LogP contribution is 2.40. The number of fused-ring (bicyclic) bond motifs is 2. The van der Waals surface area contributed by atoms with Gasteiger partial charge < -0.3 is 10.2 Å². The van der Waals surface area contributed by atoms with Gasteiger partial charge in [-0.05, 0) is 136 Å². The van der Waals surface area contributed by atoms with E-state index in [0.717, 1.165) is 99.0 Å². The third-order valence-electron chi connectivity index (χ3n) is 13.0. The number of nitrogens with one attached hydrogen (secondary N) is 2. The van der Waals surface area contributed by atoms with Crippen molar-refractivity contribution >= 4 is 66.1 Å². The van der Waals surface area contributed by atoms with Gasteiger partial charge in [-0.15, -0.1) is 11.8 Å². The van der Waals surface area contributed by atoms with Crippen LogP contribution in [-0.4, -0.2) is 101 Å². The van der Waals surface area contributed by atoms with Crippen LogP contribution in [0.4, 0.5) is 24.5 Å². The molecule has 0 saturated carbocycles. The number of anilines is 2. The Kier molecular flexibility index (Phi) is 14.4. The second-order valence-corrected chi connectivity index (χ2v) is 22.2. The Labute approximate surface area is 383 Å². The number of nitrogens with zero attached hydrogens (tertiary/aromatic N) is 3. The van der Waals surface area contributed by atoms with Crippen LogP contribution in [0.1, 0.15) is 73.7 Å². The molecular formula is C47H53ClF3N5O5S3. The molecule has 64 heavy (non-hydrogen) atoms. The van der Waals surface area contributed by atoms with Gasteiger partial charge in [0, 0.05) is 84.3 Å². The van der Waals surface area contributed by atoms with E-state index in [-0.39, 0.29) is 11.3 Å². The quantitative estimate of drug-likeness (QED) is 0.105. The van der Waals surface area contributed by atoms with E-state index in [2.05, 4.69) is 32.1 Å². The van der Waals surface area contributed by atoms with Crippen LogP contribution in [-0.2, 0) is 19.9 Å². The number of thioether (sulfide) groups is 1. The minimum atomic E-state index is -6.03. The average Bonchev–Trinajstić information content (AvgIpc) is 3.87. The van der Waals surface area contributed by atoms with E-state index in [1.807, 2.05) is 47.2 Å². The number of benzene rings is 4. The molecule has 3 fully saturated rings. The van der Waals surface area contributed by atoms with Crippen molar-refractivity contribution < 1.29 is 34.8 Å². The van der Waals surface area contributed by atoms with Gasteiger partial charge in [-0.2, -0.15) is 13.2 Å². The smallest absolute Gasteiger partial charge is 0.380 e. The van der Waals surface area contributed by atoms with Crippen molar-refractivity contribution in [2.45, 2.75) is 96.1 Å². The summed E-state index contributed by atoms with van der Waals surface area (Å²) in [7, 11) is -10.9. The zero-order valence-corrected chi connectivity index (χ0v) is 38.6. The van der Waals surface area contributed by atoms with E-state index < -0.39 is 47.1 Å². The molecule has 17 heteroatoms.